The van der Waals surface area contributed by atoms with Crippen LogP contribution in [0.5, 0.6) is 0 Å². The summed E-state index contributed by atoms with van der Waals surface area (Å²) in [5, 5.41) is 9.23. The van der Waals surface area contributed by atoms with Crippen LogP contribution < -0.4 is 5.32 Å². The van der Waals surface area contributed by atoms with E-state index in [0.717, 1.165) is 29.8 Å². The summed E-state index contributed by atoms with van der Waals surface area (Å²) in [6, 6.07) is 13.1. The molecular formula is C16H16N4. The molecule has 100 valence electrons. The van der Waals surface area contributed by atoms with Gasteiger partial charge in [-0.25, -0.2) is 9.67 Å². The van der Waals surface area contributed by atoms with Gasteiger partial charge in [0, 0.05) is 12.7 Å². The van der Waals surface area contributed by atoms with E-state index in [-0.39, 0.29) is 0 Å². The molecule has 0 saturated carbocycles. The largest absolute Gasteiger partial charge is 0.370 e. The molecule has 1 aliphatic heterocycles. The third-order valence-corrected chi connectivity index (χ3v) is 3.94. The number of nitrogens with one attached hydrogen (secondary N) is 1. The number of aryl methyl sites for hydroxylation is 1. The van der Waals surface area contributed by atoms with Crippen LogP contribution in [-0.2, 0) is 0 Å². The van der Waals surface area contributed by atoms with E-state index in [1.165, 1.54) is 11.1 Å². The molecule has 0 aliphatic carbocycles. The van der Waals surface area contributed by atoms with Gasteiger partial charge in [-0.1, -0.05) is 29.8 Å². The van der Waals surface area contributed by atoms with Crippen LogP contribution in [0.15, 0.2) is 42.6 Å². The number of anilines is 1. The molecule has 4 nitrogen and oxygen atoms in total. The highest BCUT2D eigenvalue weighted by Gasteiger charge is 2.24. The van der Waals surface area contributed by atoms with Gasteiger partial charge < -0.3 is 5.32 Å². The highest BCUT2D eigenvalue weighted by Crippen LogP contribution is 2.33. The van der Waals surface area contributed by atoms with Crippen molar-refractivity contribution in [2.45, 2.75) is 19.4 Å². The van der Waals surface area contributed by atoms with Crippen LogP contribution in [0.25, 0.3) is 11.0 Å². The molecule has 4 rings (SSSR count). The first kappa shape index (κ1) is 11.5. The van der Waals surface area contributed by atoms with Crippen molar-refractivity contribution in [3.8, 4) is 0 Å². The number of nitrogens with zero attached hydrogens (tertiary/aromatic N) is 3. The van der Waals surface area contributed by atoms with E-state index in [1.54, 1.807) is 6.20 Å². The average Bonchev–Trinajstić information content (AvgIpc) is 2.87. The van der Waals surface area contributed by atoms with Crippen LogP contribution in [-0.4, -0.2) is 21.3 Å². The number of fused-ring (bicyclic) bond motifs is 3. The van der Waals surface area contributed by atoms with E-state index in [2.05, 4.69) is 57.3 Å². The molecule has 2 aromatic heterocycles. The summed E-state index contributed by atoms with van der Waals surface area (Å²) < 4.78 is 2.09. The Kier molecular flexibility index (Phi) is 2.49. The maximum absolute atomic E-state index is 4.68. The number of rotatable bonds is 1. The van der Waals surface area contributed by atoms with Crippen molar-refractivity contribution in [2.24, 2.45) is 0 Å². The van der Waals surface area contributed by atoms with Crippen LogP contribution in [0.1, 0.15) is 23.6 Å². The zero-order valence-corrected chi connectivity index (χ0v) is 11.4. The first-order chi connectivity index (χ1) is 9.83. The average molecular weight is 264 g/mol. The fraction of sp³-hybridized carbons (Fsp3) is 0.250. The van der Waals surface area contributed by atoms with Crippen molar-refractivity contribution in [2.75, 3.05) is 11.9 Å². The maximum Gasteiger partial charge on any atom is 0.183 e. The number of hydrogen-bond acceptors (Lipinski definition) is 3. The van der Waals surface area contributed by atoms with Crippen molar-refractivity contribution in [1.29, 1.82) is 0 Å². The van der Waals surface area contributed by atoms with Crippen LogP contribution in [0.4, 0.5) is 5.82 Å². The molecular weight excluding hydrogens is 248 g/mol. The van der Waals surface area contributed by atoms with Gasteiger partial charge in [0.25, 0.3) is 0 Å². The Morgan fingerprint density at radius 1 is 1.20 bits per heavy atom. The van der Waals surface area contributed by atoms with E-state index >= 15 is 0 Å². The summed E-state index contributed by atoms with van der Waals surface area (Å²) in [5.41, 5.74) is 3.41. The quantitative estimate of drug-likeness (QED) is 0.734. The fourth-order valence-corrected chi connectivity index (χ4v) is 2.88. The molecule has 3 aromatic rings. The molecule has 3 heterocycles. The minimum absolute atomic E-state index is 0.293. The second-order valence-corrected chi connectivity index (χ2v) is 5.31. The molecule has 0 bridgehead atoms. The van der Waals surface area contributed by atoms with Crippen molar-refractivity contribution >= 4 is 16.9 Å². The van der Waals surface area contributed by atoms with Crippen molar-refractivity contribution in [3.63, 3.8) is 0 Å². The Hall–Kier alpha value is -2.36. The van der Waals surface area contributed by atoms with E-state index in [0.29, 0.717) is 6.04 Å². The zero-order valence-electron chi connectivity index (χ0n) is 11.4. The van der Waals surface area contributed by atoms with Gasteiger partial charge in [0.05, 0.1) is 11.4 Å². The van der Waals surface area contributed by atoms with Crippen LogP contribution in [0.3, 0.4) is 0 Å². The Morgan fingerprint density at radius 3 is 2.90 bits per heavy atom. The number of pyridine rings is 1. The lowest BCUT2D eigenvalue weighted by atomic mass is 10.0. The predicted molar refractivity (Wildman–Crippen MR) is 80.0 cm³/mol. The minimum atomic E-state index is 0.293. The van der Waals surface area contributed by atoms with Gasteiger partial charge in [0.2, 0.25) is 0 Å². The first-order valence-corrected chi connectivity index (χ1v) is 6.96. The van der Waals surface area contributed by atoms with Crippen LogP contribution in [0, 0.1) is 6.92 Å². The summed E-state index contributed by atoms with van der Waals surface area (Å²) in [6.45, 7) is 3.08. The fourth-order valence-electron chi connectivity index (χ4n) is 2.88. The zero-order chi connectivity index (χ0) is 13.5. The molecule has 1 atom stereocenters. The Bertz CT molecular complexity index is 758. The number of aromatic nitrogens is 3. The van der Waals surface area contributed by atoms with Gasteiger partial charge in [-0.3, -0.25) is 0 Å². The van der Waals surface area contributed by atoms with E-state index < -0.39 is 0 Å². The monoisotopic (exact) mass is 264 g/mol. The van der Waals surface area contributed by atoms with Gasteiger partial charge in [-0.05, 0) is 31.0 Å². The molecule has 4 heteroatoms. The first-order valence-electron chi connectivity index (χ1n) is 6.96. The normalized spacial score (nSPS) is 17.8. The molecule has 1 aliphatic rings. The molecule has 1 N–H and O–H groups in total. The number of hydrogen-bond donors (Lipinski definition) is 1. The molecule has 0 amide bonds. The third kappa shape index (κ3) is 1.68. The maximum atomic E-state index is 4.68. The van der Waals surface area contributed by atoms with Crippen molar-refractivity contribution in [3.05, 3.63) is 53.7 Å². The molecule has 1 unspecified atom stereocenters. The summed E-state index contributed by atoms with van der Waals surface area (Å²) in [4.78, 5) is 4.36. The second-order valence-electron chi connectivity index (χ2n) is 5.31. The van der Waals surface area contributed by atoms with Gasteiger partial charge in [-0.2, -0.15) is 0 Å². The lowest BCUT2D eigenvalue weighted by Gasteiger charge is -2.26. The van der Waals surface area contributed by atoms with E-state index in [1.807, 2.05) is 6.07 Å². The van der Waals surface area contributed by atoms with E-state index in [4.69, 9.17) is 0 Å². The highest BCUT2D eigenvalue weighted by molar-refractivity contribution is 5.87. The van der Waals surface area contributed by atoms with Crippen LogP contribution >= 0.6 is 0 Å². The molecule has 0 spiro atoms. The number of benzene rings is 1. The topological polar surface area (TPSA) is 42.7 Å². The second kappa shape index (κ2) is 4.34. The molecule has 1 aromatic carbocycles. The molecule has 20 heavy (non-hydrogen) atoms. The summed E-state index contributed by atoms with van der Waals surface area (Å²) in [5.74, 6) is 1.09. The molecule has 0 fully saturated rings. The minimum Gasteiger partial charge on any atom is -0.370 e. The summed E-state index contributed by atoms with van der Waals surface area (Å²) in [6.07, 6.45) is 2.84. The van der Waals surface area contributed by atoms with E-state index in [9.17, 15) is 0 Å². The van der Waals surface area contributed by atoms with Crippen molar-refractivity contribution < 1.29 is 0 Å². The van der Waals surface area contributed by atoms with Crippen molar-refractivity contribution in [1.82, 2.24) is 14.8 Å². The van der Waals surface area contributed by atoms with Gasteiger partial charge in [0.15, 0.2) is 5.65 Å². The Balaban J connectivity index is 1.87. The smallest absolute Gasteiger partial charge is 0.183 e. The van der Waals surface area contributed by atoms with Gasteiger partial charge in [-0.15, -0.1) is 5.10 Å². The lowest BCUT2D eigenvalue weighted by molar-refractivity contribution is 0.485. The summed E-state index contributed by atoms with van der Waals surface area (Å²) in [7, 11) is 0. The lowest BCUT2D eigenvalue weighted by Crippen LogP contribution is -2.24. The molecule has 0 radical (unpaired) electrons. The Labute approximate surface area is 117 Å². The third-order valence-electron chi connectivity index (χ3n) is 3.94. The van der Waals surface area contributed by atoms with Crippen LogP contribution in [0.2, 0.25) is 0 Å². The highest BCUT2D eigenvalue weighted by atomic mass is 15.4. The predicted octanol–water partition coefficient (Wildman–Crippen LogP) is 3.14. The Morgan fingerprint density at radius 2 is 2.05 bits per heavy atom. The standard InChI is InChI=1S/C16H16N4/c1-11-4-6-12(7-5-11)14-8-10-18-16-13-3-2-9-17-15(13)19-20(14)16/h2-7,9,14,18H,8,10H2,1H3. The van der Waals surface area contributed by atoms with Gasteiger partial charge >= 0.3 is 0 Å². The SMILES string of the molecule is Cc1ccc(C2CCNc3c4cccnc4nn32)cc1. The van der Waals surface area contributed by atoms with Gasteiger partial charge in [0.1, 0.15) is 5.82 Å². The molecule has 0 saturated heterocycles. The summed E-state index contributed by atoms with van der Waals surface area (Å²) >= 11 is 0.